The van der Waals surface area contributed by atoms with E-state index in [4.69, 9.17) is 10.5 Å². The van der Waals surface area contributed by atoms with Crippen molar-refractivity contribution in [1.82, 2.24) is 9.55 Å². The van der Waals surface area contributed by atoms with Crippen molar-refractivity contribution in [3.63, 3.8) is 0 Å². The standard InChI is InChI=1S/C10H12N4S/c1-3-15-10-13-7-9(14(10)2)4-8(5-11)6-12/h7-8H,3-4H2,1-2H3. The second-order valence-corrected chi connectivity index (χ2v) is 4.27. The highest BCUT2D eigenvalue weighted by atomic mass is 32.2. The molecule has 0 radical (unpaired) electrons. The maximum atomic E-state index is 8.68. The van der Waals surface area contributed by atoms with Crippen LogP contribution in [0, 0.1) is 28.6 Å². The van der Waals surface area contributed by atoms with Gasteiger partial charge >= 0.3 is 0 Å². The summed E-state index contributed by atoms with van der Waals surface area (Å²) in [5.74, 6) is 0.379. The van der Waals surface area contributed by atoms with E-state index in [1.165, 1.54) is 0 Å². The molecule has 0 saturated carbocycles. The van der Waals surface area contributed by atoms with E-state index in [0.29, 0.717) is 6.42 Å². The zero-order valence-electron chi connectivity index (χ0n) is 8.77. The number of hydrogen-bond acceptors (Lipinski definition) is 4. The first kappa shape index (κ1) is 11.6. The van der Waals surface area contributed by atoms with Crippen molar-refractivity contribution < 1.29 is 0 Å². The molecular weight excluding hydrogens is 208 g/mol. The van der Waals surface area contributed by atoms with E-state index < -0.39 is 5.92 Å². The van der Waals surface area contributed by atoms with Crippen molar-refractivity contribution in [2.45, 2.75) is 18.5 Å². The highest BCUT2D eigenvalue weighted by Crippen LogP contribution is 2.18. The number of nitriles is 2. The van der Waals surface area contributed by atoms with Gasteiger partial charge in [0.25, 0.3) is 0 Å². The summed E-state index contributed by atoms with van der Waals surface area (Å²) in [6.07, 6.45) is 2.18. The third-order valence-corrected chi connectivity index (χ3v) is 2.97. The molecule has 0 unspecified atom stereocenters. The number of imidazole rings is 1. The van der Waals surface area contributed by atoms with Crippen molar-refractivity contribution in [2.75, 3.05) is 5.75 Å². The molecule has 1 heterocycles. The fourth-order valence-electron chi connectivity index (χ4n) is 1.21. The summed E-state index contributed by atoms with van der Waals surface area (Å²) in [6, 6.07) is 3.92. The van der Waals surface area contributed by atoms with Crippen LogP contribution in [0.2, 0.25) is 0 Å². The van der Waals surface area contributed by atoms with E-state index in [0.717, 1.165) is 16.6 Å². The summed E-state index contributed by atoms with van der Waals surface area (Å²) in [5.41, 5.74) is 0.930. The molecule has 15 heavy (non-hydrogen) atoms. The summed E-state index contributed by atoms with van der Waals surface area (Å²) < 4.78 is 1.94. The maximum absolute atomic E-state index is 8.68. The Balaban J connectivity index is 2.80. The first-order valence-corrected chi connectivity index (χ1v) is 5.64. The van der Waals surface area contributed by atoms with Gasteiger partial charge in [0.2, 0.25) is 0 Å². The monoisotopic (exact) mass is 220 g/mol. The molecular formula is C10H12N4S. The van der Waals surface area contributed by atoms with Gasteiger partial charge in [0.05, 0.1) is 12.1 Å². The van der Waals surface area contributed by atoms with Gasteiger partial charge in [-0.15, -0.1) is 0 Å². The van der Waals surface area contributed by atoms with E-state index in [2.05, 4.69) is 11.9 Å². The zero-order valence-corrected chi connectivity index (χ0v) is 9.58. The molecule has 0 spiro atoms. The minimum Gasteiger partial charge on any atom is -0.326 e. The number of thioether (sulfide) groups is 1. The Bertz CT molecular complexity index is 396. The topological polar surface area (TPSA) is 65.4 Å². The van der Waals surface area contributed by atoms with Crippen molar-refractivity contribution in [1.29, 1.82) is 10.5 Å². The van der Waals surface area contributed by atoms with Crippen molar-refractivity contribution in [2.24, 2.45) is 13.0 Å². The SMILES string of the molecule is CCSc1ncc(CC(C#N)C#N)n1C. The molecule has 0 aliphatic heterocycles. The molecule has 0 atom stereocenters. The van der Waals surface area contributed by atoms with Gasteiger partial charge in [-0.05, 0) is 5.75 Å². The van der Waals surface area contributed by atoms with E-state index in [1.54, 1.807) is 18.0 Å². The smallest absolute Gasteiger partial charge is 0.167 e. The Morgan fingerprint density at radius 1 is 1.53 bits per heavy atom. The van der Waals surface area contributed by atoms with Crippen LogP contribution in [-0.4, -0.2) is 15.3 Å². The Kier molecular flexibility index (Phi) is 4.20. The molecule has 0 saturated heterocycles. The number of rotatable bonds is 4. The summed E-state index contributed by atoms with van der Waals surface area (Å²) in [6.45, 7) is 2.06. The van der Waals surface area contributed by atoms with Gasteiger partial charge in [-0.1, -0.05) is 18.7 Å². The molecule has 0 aliphatic rings. The van der Waals surface area contributed by atoms with Crippen molar-refractivity contribution in [3.8, 4) is 12.1 Å². The van der Waals surface area contributed by atoms with Crippen LogP contribution < -0.4 is 0 Å². The van der Waals surface area contributed by atoms with Crippen LogP contribution in [0.3, 0.4) is 0 Å². The summed E-state index contributed by atoms with van der Waals surface area (Å²) in [4.78, 5) is 4.23. The summed E-state index contributed by atoms with van der Waals surface area (Å²) >= 11 is 1.65. The van der Waals surface area contributed by atoms with Crippen LogP contribution in [0.5, 0.6) is 0 Å². The molecule has 1 aromatic heterocycles. The highest BCUT2D eigenvalue weighted by molar-refractivity contribution is 7.99. The Morgan fingerprint density at radius 3 is 2.73 bits per heavy atom. The molecule has 4 nitrogen and oxygen atoms in total. The molecule has 0 N–H and O–H groups in total. The fraction of sp³-hybridized carbons (Fsp3) is 0.500. The molecule has 0 amide bonds. The quantitative estimate of drug-likeness (QED) is 0.725. The lowest BCUT2D eigenvalue weighted by molar-refractivity contribution is 0.700. The van der Waals surface area contributed by atoms with Crippen LogP contribution in [0.4, 0.5) is 0 Å². The normalized spacial score (nSPS) is 9.93. The largest absolute Gasteiger partial charge is 0.326 e. The van der Waals surface area contributed by atoms with Crippen LogP contribution in [-0.2, 0) is 13.5 Å². The molecule has 1 aromatic rings. The molecule has 0 fully saturated rings. The Labute approximate surface area is 93.5 Å². The van der Waals surface area contributed by atoms with Crippen molar-refractivity contribution >= 4 is 11.8 Å². The number of aromatic nitrogens is 2. The average Bonchev–Trinajstić information content (AvgIpc) is 2.58. The van der Waals surface area contributed by atoms with Crippen LogP contribution in [0.15, 0.2) is 11.4 Å². The second kappa shape index (κ2) is 5.43. The highest BCUT2D eigenvalue weighted by Gasteiger charge is 2.12. The number of nitrogens with zero attached hydrogens (tertiary/aromatic N) is 4. The van der Waals surface area contributed by atoms with Crippen LogP contribution in [0.1, 0.15) is 12.6 Å². The predicted octanol–water partition coefficient (Wildman–Crippen LogP) is 1.74. The predicted molar refractivity (Wildman–Crippen MR) is 58.0 cm³/mol. The van der Waals surface area contributed by atoms with Gasteiger partial charge in [0.15, 0.2) is 5.16 Å². The molecule has 78 valence electrons. The van der Waals surface area contributed by atoms with E-state index in [-0.39, 0.29) is 0 Å². The number of hydrogen-bond donors (Lipinski definition) is 0. The van der Waals surface area contributed by atoms with Gasteiger partial charge in [-0.2, -0.15) is 10.5 Å². The van der Waals surface area contributed by atoms with E-state index in [9.17, 15) is 0 Å². The third-order valence-electron chi connectivity index (χ3n) is 2.04. The van der Waals surface area contributed by atoms with Gasteiger partial charge in [0.1, 0.15) is 5.92 Å². The van der Waals surface area contributed by atoms with Gasteiger partial charge in [0, 0.05) is 25.4 Å². The maximum Gasteiger partial charge on any atom is 0.167 e. The first-order valence-electron chi connectivity index (χ1n) is 4.65. The average molecular weight is 220 g/mol. The minimum atomic E-state index is -0.583. The molecule has 1 rings (SSSR count). The van der Waals surface area contributed by atoms with E-state index >= 15 is 0 Å². The van der Waals surface area contributed by atoms with Gasteiger partial charge in [-0.3, -0.25) is 0 Å². The lowest BCUT2D eigenvalue weighted by Crippen LogP contribution is -2.04. The lowest BCUT2D eigenvalue weighted by Gasteiger charge is -2.04. The van der Waals surface area contributed by atoms with Gasteiger partial charge in [-0.25, -0.2) is 4.98 Å². The Hall–Kier alpha value is -1.46. The molecule has 0 aromatic carbocycles. The van der Waals surface area contributed by atoms with Gasteiger partial charge < -0.3 is 4.57 Å². The molecule has 5 heteroatoms. The first-order chi connectivity index (χ1) is 7.22. The van der Waals surface area contributed by atoms with Crippen LogP contribution in [0.25, 0.3) is 0 Å². The third kappa shape index (κ3) is 2.74. The fourth-order valence-corrected chi connectivity index (χ4v) is 1.90. The zero-order chi connectivity index (χ0) is 11.3. The van der Waals surface area contributed by atoms with E-state index in [1.807, 2.05) is 23.8 Å². The summed E-state index contributed by atoms with van der Waals surface area (Å²) in [5, 5.41) is 18.3. The lowest BCUT2D eigenvalue weighted by atomic mass is 10.1. The summed E-state index contributed by atoms with van der Waals surface area (Å²) in [7, 11) is 1.91. The Morgan fingerprint density at radius 2 is 2.20 bits per heavy atom. The second-order valence-electron chi connectivity index (χ2n) is 3.04. The van der Waals surface area contributed by atoms with Crippen LogP contribution >= 0.6 is 11.8 Å². The van der Waals surface area contributed by atoms with Crippen molar-refractivity contribution in [3.05, 3.63) is 11.9 Å². The minimum absolute atomic E-state index is 0.445. The molecule has 0 bridgehead atoms. The molecule has 0 aliphatic carbocycles.